The summed E-state index contributed by atoms with van der Waals surface area (Å²) in [5, 5.41) is 9.00. The molecule has 0 saturated heterocycles. The summed E-state index contributed by atoms with van der Waals surface area (Å²) in [6.07, 6.45) is 0.194. The van der Waals surface area contributed by atoms with Crippen LogP contribution < -0.4 is 11.2 Å². The van der Waals surface area contributed by atoms with Gasteiger partial charge in [0.1, 0.15) is 5.82 Å². The summed E-state index contributed by atoms with van der Waals surface area (Å²) in [4.78, 5) is 39.7. The number of esters is 1. The monoisotopic (exact) mass is 415 g/mol. The van der Waals surface area contributed by atoms with Crippen molar-refractivity contribution >= 4 is 17.7 Å². The van der Waals surface area contributed by atoms with E-state index in [0.29, 0.717) is 23.3 Å². The molecular weight excluding hydrogens is 394 g/mol. The number of hydrogen-bond acceptors (Lipinski definition) is 7. The van der Waals surface area contributed by atoms with Gasteiger partial charge in [-0.2, -0.15) is 0 Å². The molecule has 0 radical (unpaired) electrons. The first-order valence-corrected chi connectivity index (χ1v) is 9.98. The van der Waals surface area contributed by atoms with Gasteiger partial charge < -0.3 is 9.72 Å². The van der Waals surface area contributed by atoms with Crippen molar-refractivity contribution < 1.29 is 9.53 Å². The van der Waals surface area contributed by atoms with Crippen LogP contribution in [0.2, 0.25) is 0 Å². The van der Waals surface area contributed by atoms with E-state index in [1.54, 1.807) is 6.92 Å². The van der Waals surface area contributed by atoms with Gasteiger partial charge in [-0.15, -0.1) is 10.2 Å². The molecule has 29 heavy (non-hydrogen) atoms. The number of nitrogens with zero attached hydrogens (tertiary/aromatic N) is 3. The van der Waals surface area contributed by atoms with Gasteiger partial charge in [0.15, 0.2) is 5.16 Å². The Labute approximate surface area is 170 Å². The van der Waals surface area contributed by atoms with E-state index in [9.17, 15) is 14.4 Å². The van der Waals surface area contributed by atoms with Gasteiger partial charge in [-0.3, -0.25) is 19.1 Å². The molecule has 9 nitrogen and oxygen atoms in total. The SMILES string of the molecule is CCOC(=O)CSc1nnc(Cc2cc(=O)[nH]c(=O)[nH]2)n1-c1cc(C)ccc1C. The Hall–Kier alpha value is -3.14. The highest BCUT2D eigenvalue weighted by Gasteiger charge is 2.18. The summed E-state index contributed by atoms with van der Waals surface area (Å²) >= 11 is 1.22. The van der Waals surface area contributed by atoms with Crippen LogP contribution in [0, 0.1) is 13.8 Å². The second-order valence-electron chi connectivity index (χ2n) is 6.41. The fourth-order valence-corrected chi connectivity index (χ4v) is 3.58. The van der Waals surface area contributed by atoms with Gasteiger partial charge in [0.2, 0.25) is 0 Å². The zero-order valence-electron chi connectivity index (χ0n) is 16.3. The number of nitrogens with one attached hydrogen (secondary N) is 2. The Kier molecular flexibility index (Phi) is 6.32. The molecule has 0 aliphatic rings. The molecule has 0 saturated carbocycles. The molecule has 0 spiro atoms. The first-order chi connectivity index (χ1) is 13.9. The molecule has 0 aliphatic heterocycles. The number of rotatable bonds is 7. The number of ether oxygens (including phenoxy) is 1. The minimum atomic E-state index is -0.581. The van der Waals surface area contributed by atoms with Crippen molar-refractivity contribution in [3.63, 3.8) is 0 Å². The second-order valence-corrected chi connectivity index (χ2v) is 7.35. The Morgan fingerprint density at radius 3 is 2.69 bits per heavy atom. The third-order valence-electron chi connectivity index (χ3n) is 4.10. The van der Waals surface area contributed by atoms with Crippen molar-refractivity contribution in [3.05, 3.63) is 67.7 Å². The quantitative estimate of drug-likeness (QED) is 0.443. The van der Waals surface area contributed by atoms with E-state index >= 15 is 0 Å². The van der Waals surface area contributed by atoms with Gasteiger partial charge in [-0.25, -0.2) is 4.79 Å². The zero-order chi connectivity index (χ0) is 21.0. The molecule has 0 bridgehead atoms. The fourth-order valence-electron chi connectivity index (χ4n) is 2.82. The van der Waals surface area contributed by atoms with Crippen LogP contribution in [0.25, 0.3) is 5.69 Å². The van der Waals surface area contributed by atoms with Crippen LogP contribution in [0.5, 0.6) is 0 Å². The smallest absolute Gasteiger partial charge is 0.325 e. The maximum Gasteiger partial charge on any atom is 0.325 e. The van der Waals surface area contributed by atoms with Crippen molar-refractivity contribution in [3.8, 4) is 5.69 Å². The summed E-state index contributed by atoms with van der Waals surface area (Å²) in [5.41, 5.74) is 2.26. The average Bonchev–Trinajstić information content (AvgIpc) is 3.03. The number of aryl methyl sites for hydroxylation is 2. The van der Waals surface area contributed by atoms with Gasteiger partial charge in [0.25, 0.3) is 5.56 Å². The Morgan fingerprint density at radius 2 is 1.97 bits per heavy atom. The van der Waals surface area contributed by atoms with Crippen molar-refractivity contribution in [2.24, 2.45) is 0 Å². The van der Waals surface area contributed by atoms with Gasteiger partial charge in [0.05, 0.1) is 18.0 Å². The van der Waals surface area contributed by atoms with Crippen LogP contribution in [0.1, 0.15) is 29.6 Å². The van der Waals surface area contributed by atoms with Crippen LogP contribution in [0.15, 0.2) is 39.0 Å². The summed E-state index contributed by atoms with van der Waals surface area (Å²) < 4.78 is 6.82. The number of carbonyl (C=O) groups excluding carboxylic acids is 1. The molecule has 2 aromatic heterocycles. The van der Waals surface area contributed by atoms with E-state index in [-0.39, 0.29) is 18.1 Å². The number of hydrogen-bond donors (Lipinski definition) is 2. The van der Waals surface area contributed by atoms with Crippen molar-refractivity contribution in [1.29, 1.82) is 0 Å². The zero-order valence-corrected chi connectivity index (χ0v) is 17.1. The van der Waals surface area contributed by atoms with Gasteiger partial charge in [-0.1, -0.05) is 23.9 Å². The first-order valence-electron chi connectivity index (χ1n) is 9.00. The topological polar surface area (TPSA) is 123 Å². The lowest BCUT2D eigenvalue weighted by molar-refractivity contribution is -0.139. The molecule has 2 heterocycles. The lowest BCUT2D eigenvalue weighted by atomic mass is 10.1. The van der Waals surface area contributed by atoms with E-state index in [1.165, 1.54) is 17.8 Å². The molecular formula is C19H21N5O4S. The predicted octanol–water partition coefficient (Wildman–Crippen LogP) is 1.51. The number of benzene rings is 1. The van der Waals surface area contributed by atoms with E-state index in [4.69, 9.17) is 4.74 Å². The maximum absolute atomic E-state index is 11.8. The van der Waals surface area contributed by atoms with Gasteiger partial charge in [0, 0.05) is 18.2 Å². The van der Waals surface area contributed by atoms with Crippen LogP contribution in [0.3, 0.4) is 0 Å². The van der Waals surface area contributed by atoms with Crippen molar-refractivity contribution in [1.82, 2.24) is 24.7 Å². The molecule has 1 aromatic carbocycles. The normalized spacial score (nSPS) is 10.9. The maximum atomic E-state index is 11.8. The summed E-state index contributed by atoms with van der Waals surface area (Å²) in [6.45, 7) is 6.01. The standard InChI is InChI=1S/C19H21N5O4S/c1-4-28-17(26)10-29-19-23-22-15(8-13-9-16(25)21-18(27)20-13)24(19)14-7-11(2)5-6-12(14)3/h5-7,9H,4,8,10H2,1-3H3,(H2,20,21,25,27). The van der Waals surface area contributed by atoms with Crippen LogP contribution in [-0.2, 0) is 16.0 Å². The van der Waals surface area contributed by atoms with Crippen LogP contribution in [0.4, 0.5) is 0 Å². The molecule has 0 fully saturated rings. The molecule has 2 N–H and O–H groups in total. The highest BCUT2D eigenvalue weighted by molar-refractivity contribution is 7.99. The number of H-pyrrole nitrogens is 2. The average molecular weight is 415 g/mol. The largest absolute Gasteiger partial charge is 0.465 e. The molecule has 10 heteroatoms. The van der Waals surface area contributed by atoms with E-state index in [1.807, 2.05) is 36.6 Å². The third-order valence-corrected chi connectivity index (χ3v) is 5.00. The number of carbonyl (C=O) groups is 1. The highest BCUT2D eigenvalue weighted by atomic mass is 32.2. The van der Waals surface area contributed by atoms with Crippen molar-refractivity contribution in [2.45, 2.75) is 32.3 Å². The van der Waals surface area contributed by atoms with E-state index in [0.717, 1.165) is 16.8 Å². The van der Waals surface area contributed by atoms with Crippen LogP contribution in [-0.4, -0.2) is 43.1 Å². The molecule has 0 unspecified atom stereocenters. The first kappa shape index (κ1) is 20.6. The van der Waals surface area contributed by atoms with Gasteiger partial charge >= 0.3 is 11.7 Å². The number of thioether (sulfide) groups is 1. The highest BCUT2D eigenvalue weighted by Crippen LogP contribution is 2.26. The molecule has 3 rings (SSSR count). The predicted molar refractivity (Wildman–Crippen MR) is 109 cm³/mol. The number of aromatic nitrogens is 5. The fraction of sp³-hybridized carbons (Fsp3) is 0.316. The lowest BCUT2D eigenvalue weighted by Gasteiger charge is -2.13. The van der Waals surface area contributed by atoms with Crippen molar-refractivity contribution in [2.75, 3.05) is 12.4 Å². The summed E-state index contributed by atoms with van der Waals surface area (Å²) in [5.74, 6) is 0.290. The summed E-state index contributed by atoms with van der Waals surface area (Å²) in [7, 11) is 0. The molecule has 0 aliphatic carbocycles. The third kappa shape index (κ3) is 5.02. The Bertz CT molecular complexity index is 1120. The minimum absolute atomic E-state index is 0.0959. The molecule has 152 valence electrons. The van der Waals surface area contributed by atoms with E-state index < -0.39 is 11.2 Å². The van der Waals surface area contributed by atoms with Gasteiger partial charge in [-0.05, 0) is 38.0 Å². The molecule has 0 amide bonds. The number of aromatic amines is 2. The Morgan fingerprint density at radius 1 is 1.17 bits per heavy atom. The second kappa shape index (κ2) is 8.91. The van der Waals surface area contributed by atoms with E-state index in [2.05, 4.69) is 20.2 Å². The molecule has 0 atom stereocenters. The molecule has 3 aromatic rings. The lowest BCUT2D eigenvalue weighted by Crippen LogP contribution is -2.23. The minimum Gasteiger partial charge on any atom is -0.465 e. The van der Waals surface area contributed by atoms with Crippen LogP contribution >= 0.6 is 11.8 Å². The Balaban J connectivity index is 2.04. The summed E-state index contributed by atoms with van der Waals surface area (Å²) in [6, 6.07) is 7.30.